The van der Waals surface area contributed by atoms with E-state index in [0.717, 1.165) is 52.0 Å². The van der Waals surface area contributed by atoms with E-state index in [4.69, 9.17) is 4.74 Å². The molecule has 2 aromatic rings. The molecule has 2 saturated heterocycles. The molecule has 0 unspecified atom stereocenters. The molecule has 2 aliphatic heterocycles. The number of benzene rings is 2. The second-order valence-corrected chi connectivity index (χ2v) is 9.67. The Morgan fingerprint density at radius 1 is 1.00 bits per heavy atom. The first-order chi connectivity index (χ1) is 16.9. The van der Waals surface area contributed by atoms with Crippen LogP contribution in [-0.2, 0) is 4.79 Å². The number of anilines is 1. The van der Waals surface area contributed by atoms with Gasteiger partial charge in [-0.25, -0.2) is 0 Å². The Bertz CT molecular complexity index is 1010. The molecule has 2 aromatic carbocycles. The van der Waals surface area contributed by atoms with E-state index in [1.807, 2.05) is 4.90 Å². The third kappa shape index (κ3) is 6.72. The number of piperazine rings is 1. The van der Waals surface area contributed by atoms with Gasteiger partial charge in [0.2, 0.25) is 5.91 Å². The molecule has 2 aliphatic rings. The number of aryl methyl sites for hydroxylation is 2. The molecule has 0 N–H and O–H groups in total. The van der Waals surface area contributed by atoms with Crippen LogP contribution < -0.4 is 9.64 Å². The fraction of sp³-hybridized carbons (Fsp3) is 0.519. The van der Waals surface area contributed by atoms with Crippen molar-refractivity contribution in [3.63, 3.8) is 0 Å². The Kier molecular flexibility index (Phi) is 8.23. The van der Waals surface area contributed by atoms with E-state index in [0.29, 0.717) is 30.8 Å². The maximum atomic E-state index is 12.7. The predicted molar refractivity (Wildman–Crippen MR) is 137 cm³/mol. The molecular formula is C27H36N4O4. The fourth-order valence-electron chi connectivity index (χ4n) is 4.92. The standard InChI is InChI=1S/C27H36N4O4/c1-21-5-7-23(8-6-21)29-18-16-28(17-19-29)13-3-4-27(32)30-14-11-24(12-15-30)35-25-9-10-26(31(33)34)22(2)20-25/h5-10,20,24H,3-4,11-19H2,1-2H3. The first kappa shape index (κ1) is 25.0. The Balaban J connectivity index is 1.13. The molecule has 4 rings (SSSR count). The van der Waals surface area contributed by atoms with Crippen LogP contribution in [0.15, 0.2) is 42.5 Å². The van der Waals surface area contributed by atoms with Crippen LogP contribution in [0.3, 0.4) is 0 Å². The third-order valence-electron chi connectivity index (χ3n) is 7.10. The highest BCUT2D eigenvalue weighted by Crippen LogP contribution is 2.26. The Labute approximate surface area is 207 Å². The summed E-state index contributed by atoms with van der Waals surface area (Å²) in [4.78, 5) is 30.2. The first-order valence-corrected chi connectivity index (χ1v) is 12.6. The topological polar surface area (TPSA) is 79.2 Å². The van der Waals surface area contributed by atoms with E-state index >= 15 is 0 Å². The van der Waals surface area contributed by atoms with Gasteiger partial charge in [-0.05, 0) is 51.1 Å². The molecule has 35 heavy (non-hydrogen) atoms. The maximum absolute atomic E-state index is 12.7. The Morgan fingerprint density at radius 3 is 2.31 bits per heavy atom. The largest absolute Gasteiger partial charge is 0.490 e. The monoisotopic (exact) mass is 480 g/mol. The summed E-state index contributed by atoms with van der Waals surface area (Å²) in [6.07, 6.45) is 3.07. The van der Waals surface area contributed by atoms with Crippen molar-refractivity contribution in [2.45, 2.75) is 45.6 Å². The Hall–Kier alpha value is -3.13. The molecule has 8 heteroatoms. The van der Waals surface area contributed by atoms with Crippen LogP contribution in [0.2, 0.25) is 0 Å². The molecule has 0 spiro atoms. The maximum Gasteiger partial charge on any atom is 0.272 e. The van der Waals surface area contributed by atoms with Crippen molar-refractivity contribution in [2.24, 2.45) is 0 Å². The summed E-state index contributed by atoms with van der Waals surface area (Å²) in [5, 5.41) is 11.0. The molecule has 0 atom stereocenters. The average molecular weight is 481 g/mol. The van der Waals surface area contributed by atoms with Gasteiger partial charge in [0.25, 0.3) is 5.69 Å². The van der Waals surface area contributed by atoms with E-state index in [-0.39, 0.29) is 22.6 Å². The van der Waals surface area contributed by atoms with Crippen molar-refractivity contribution in [3.05, 3.63) is 63.7 Å². The van der Waals surface area contributed by atoms with Crippen LogP contribution in [0.4, 0.5) is 11.4 Å². The lowest BCUT2D eigenvalue weighted by Gasteiger charge is -2.36. The van der Waals surface area contributed by atoms with Crippen molar-refractivity contribution in [1.29, 1.82) is 0 Å². The van der Waals surface area contributed by atoms with Crippen molar-refractivity contribution >= 4 is 17.3 Å². The number of nitro groups is 1. The lowest BCUT2D eigenvalue weighted by atomic mass is 10.1. The van der Waals surface area contributed by atoms with Gasteiger partial charge in [0.1, 0.15) is 11.9 Å². The normalized spacial score (nSPS) is 17.4. The highest BCUT2D eigenvalue weighted by Gasteiger charge is 2.24. The van der Waals surface area contributed by atoms with Crippen molar-refractivity contribution < 1.29 is 14.5 Å². The molecule has 0 saturated carbocycles. The second kappa shape index (κ2) is 11.5. The number of carbonyl (C=O) groups excluding carboxylic acids is 1. The molecule has 0 aliphatic carbocycles. The summed E-state index contributed by atoms with van der Waals surface area (Å²) in [6, 6.07) is 13.6. The van der Waals surface area contributed by atoms with E-state index in [1.165, 1.54) is 17.3 Å². The predicted octanol–water partition coefficient (Wildman–Crippen LogP) is 4.18. The van der Waals surface area contributed by atoms with Gasteiger partial charge in [0, 0.05) is 75.8 Å². The number of rotatable bonds is 8. The second-order valence-electron chi connectivity index (χ2n) is 9.67. The van der Waals surface area contributed by atoms with Gasteiger partial charge in [-0.3, -0.25) is 19.8 Å². The van der Waals surface area contributed by atoms with Crippen LogP contribution in [0.5, 0.6) is 5.75 Å². The molecule has 1 amide bonds. The molecule has 2 fully saturated rings. The molecular weight excluding hydrogens is 444 g/mol. The number of nitro benzene ring substituents is 1. The molecule has 188 valence electrons. The minimum atomic E-state index is -0.380. The van der Waals surface area contributed by atoms with E-state index in [1.54, 1.807) is 19.1 Å². The lowest BCUT2D eigenvalue weighted by Crippen LogP contribution is -2.47. The number of amides is 1. The summed E-state index contributed by atoms with van der Waals surface area (Å²) in [5.74, 6) is 0.883. The smallest absolute Gasteiger partial charge is 0.272 e. The van der Waals surface area contributed by atoms with Gasteiger partial charge in [-0.15, -0.1) is 0 Å². The van der Waals surface area contributed by atoms with Crippen LogP contribution in [0, 0.1) is 24.0 Å². The van der Waals surface area contributed by atoms with Gasteiger partial charge in [-0.2, -0.15) is 0 Å². The molecule has 0 aromatic heterocycles. The summed E-state index contributed by atoms with van der Waals surface area (Å²) in [5.41, 5.74) is 3.28. The third-order valence-corrected chi connectivity index (χ3v) is 7.10. The minimum Gasteiger partial charge on any atom is -0.490 e. The minimum absolute atomic E-state index is 0.0322. The number of nitrogens with zero attached hydrogens (tertiary/aromatic N) is 4. The summed E-state index contributed by atoms with van der Waals surface area (Å²) >= 11 is 0. The number of likely N-dealkylation sites (tertiary alicyclic amines) is 1. The summed E-state index contributed by atoms with van der Waals surface area (Å²) < 4.78 is 6.03. The zero-order valence-electron chi connectivity index (χ0n) is 20.8. The van der Waals surface area contributed by atoms with Crippen LogP contribution in [-0.4, -0.2) is 72.5 Å². The van der Waals surface area contributed by atoms with E-state index in [9.17, 15) is 14.9 Å². The van der Waals surface area contributed by atoms with Crippen LogP contribution in [0.25, 0.3) is 0 Å². The number of hydrogen-bond acceptors (Lipinski definition) is 6. The number of carbonyl (C=O) groups is 1. The van der Waals surface area contributed by atoms with Gasteiger partial charge < -0.3 is 14.5 Å². The molecule has 2 heterocycles. The van der Waals surface area contributed by atoms with Crippen molar-refractivity contribution in [2.75, 3.05) is 50.7 Å². The first-order valence-electron chi connectivity index (χ1n) is 12.6. The highest BCUT2D eigenvalue weighted by atomic mass is 16.6. The van der Waals surface area contributed by atoms with Crippen molar-refractivity contribution in [3.8, 4) is 5.75 Å². The molecule has 0 radical (unpaired) electrons. The average Bonchev–Trinajstić information content (AvgIpc) is 2.85. The zero-order valence-corrected chi connectivity index (χ0v) is 20.8. The molecule has 8 nitrogen and oxygen atoms in total. The number of hydrogen-bond donors (Lipinski definition) is 0. The van der Waals surface area contributed by atoms with Gasteiger partial charge >= 0.3 is 0 Å². The number of ether oxygens (including phenoxy) is 1. The van der Waals surface area contributed by atoms with Crippen LogP contribution >= 0.6 is 0 Å². The zero-order chi connectivity index (χ0) is 24.8. The highest BCUT2D eigenvalue weighted by molar-refractivity contribution is 5.76. The SMILES string of the molecule is Cc1ccc(N2CCN(CCCC(=O)N3CCC(Oc4ccc([N+](=O)[O-])c(C)c4)CC3)CC2)cc1. The van der Waals surface area contributed by atoms with Gasteiger partial charge in [0.15, 0.2) is 0 Å². The molecule has 0 bridgehead atoms. The van der Waals surface area contributed by atoms with Crippen molar-refractivity contribution in [1.82, 2.24) is 9.80 Å². The Morgan fingerprint density at radius 2 is 1.69 bits per heavy atom. The van der Waals surface area contributed by atoms with Crippen LogP contribution in [0.1, 0.15) is 36.8 Å². The van der Waals surface area contributed by atoms with Gasteiger partial charge in [0.05, 0.1) is 4.92 Å². The van der Waals surface area contributed by atoms with E-state index in [2.05, 4.69) is 41.0 Å². The van der Waals surface area contributed by atoms with E-state index < -0.39 is 0 Å². The summed E-state index contributed by atoms with van der Waals surface area (Å²) in [7, 11) is 0. The fourth-order valence-corrected chi connectivity index (χ4v) is 4.92. The lowest BCUT2D eigenvalue weighted by molar-refractivity contribution is -0.385. The van der Waals surface area contributed by atoms with Gasteiger partial charge in [-0.1, -0.05) is 17.7 Å². The summed E-state index contributed by atoms with van der Waals surface area (Å²) in [6.45, 7) is 10.3. The quantitative estimate of drug-likeness (QED) is 0.417. The number of piperidine rings is 1.